The number of rotatable bonds is 1. The van der Waals surface area contributed by atoms with Crippen LogP contribution in [-0.2, 0) is 0 Å². The van der Waals surface area contributed by atoms with Crippen molar-refractivity contribution in [2.45, 2.75) is 12.8 Å². The van der Waals surface area contributed by atoms with Crippen molar-refractivity contribution in [1.29, 1.82) is 0 Å². The number of nitrogens with zero attached hydrogens (tertiary/aromatic N) is 2. The van der Waals surface area contributed by atoms with Crippen molar-refractivity contribution >= 4 is 5.71 Å². The molecule has 1 aliphatic carbocycles. The molecule has 0 aromatic rings. The van der Waals surface area contributed by atoms with Crippen LogP contribution in [0.1, 0.15) is 12.8 Å². The molecule has 0 aromatic heterocycles. The Morgan fingerprint density at radius 3 is 2.14 bits per heavy atom. The van der Waals surface area contributed by atoms with E-state index in [2.05, 4.69) is 5.10 Å². The summed E-state index contributed by atoms with van der Waals surface area (Å²) in [6, 6.07) is 0. The molecule has 0 bridgehead atoms. The molecule has 0 aliphatic heterocycles. The van der Waals surface area contributed by atoms with Gasteiger partial charge in [0.05, 0.1) is 0 Å². The van der Waals surface area contributed by atoms with Crippen LogP contribution < -0.4 is 0 Å². The molecule has 0 N–H and O–H groups in total. The monoisotopic (exact) mass is 98.1 g/mol. The smallest absolute Gasteiger partial charge is 0.0388 e. The van der Waals surface area contributed by atoms with Gasteiger partial charge in [0.2, 0.25) is 0 Å². The van der Waals surface area contributed by atoms with Crippen LogP contribution in [0.5, 0.6) is 0 Å². The lowest BCUT2D eigenvalue weighted by atomic mass is 10.9. The van der Waals surface area contributed by atoms with Crippen molar-refractivity contribution in [1.82, 2.24) is 5.01 Å². The van der Waals surface area contributed by atoms with Gasteiger partial charge in [-0.15, -0.1) is 0 Å². The fourth-order valence-corrected chi connectivity index (χ4v) is 0.439. The number of hydrogen-bond acceptors (Lipinski definition) is 2. The first kappa shape index (κ1) is 4.62. The predicted octanol–water partition coefficient (Wildman–Crippen LogP) is 0.698. The summed E-state index contributed by atoms with van der Waals surface area (Å²) < 4.78 is 0. The maximum absolute atomic E-state index is 4.14. The summed E-state index contributed by atoms with van der Waals surface area (Å²) in [5.41, 5.74) is 1.34. The minimum absolute atomic E-state index is 1.22. The van der Waals surface area contributed by atoms with Gasteiger partial charge in [-0.25, -0.2) is 0 Å². The second-order valence-corrected chi connectivity index (χ2v) is 2.01. The van der Waals surface area contributed by atoms with Crippen molar-refractivity contribution in [3.05, 3.63) is 0 Å². The van der Waals surface area contributed by atoms with Crippen LogP contribution in [-0.4, -0.2) is 24.8 Å². The van der Waals surface area contributed by atoms with Gasteiger partial charge in [0.1, 0.15) is 0 Å². The van der Waals surface area contributed by atoms with Gasteiger partial charge in [0.25, 0.3) is 0 Å². The van der Waals surface area contributed by atoms with Gasteiger partial charge < -0.3 is 5.01 Å². The Balaban J connectivity index is 2.30. The van der Waals surface area contributed by atoms with E-state index in [-0.39, 0.29) is 0 Å². The molecular formula is C5H10N2. The molecule has 40 valence electrons. The van der Waals surface area contributed by atoms with Crippen LogP contribution in [0.15, 0.2) is 5.10 Å². The third kappa shape index (κ3) is 1.57. The molecule has 0 radical (unpaired) electrons. The van der Waals surface area contributed by atoms with Crippen molar-refractivity contribution in [2.24, 2.45) is 5.10 Å². The first-order chi connectivity index (χ1) is 3.29. The van der Waals surface area contributed by atoms with Crippen LogP contribution in [0.25, 0.3) is 0 Å². The predicted molar refractivity (Wildman–Crippen MR) is 30.4 cm³/mol. The molecule has 0 saturated heterocycles. The van der Waals surface area contributed by atoms with Crippen molar-refractivity contribution in [3.8, 4) is 0 Å². The van der Waals surface area contributed by atoms with E-state index >= 15 is 0 Å². The van der Waals surface area contributed by atoms with Gasteiger partial charge in [-0.05, 0) is 12.8 Å². The normalized spacial score (nSPS) is 16.6. The average molecular weight is 98.1 g/mol. The Labute approximate surface area is 43.8 Å². The van der Waals surface area contributed by atoms with E-state index < -0.39 is 0 Å². The SMILES string of the molecule is CN(C)N=C1CC1. The van der Waals surface area contributed by atoms with Crippen LogP contribution in [0, 0.1) is 0 Å². The third-order valence-corrected chi connectivity index (χ3v) is 0.815. The molecule has 0 unspecified atom stereocenters. The first-order valence-corrected chi connectivity index (χ1v) is 2.53. The second kappa shape index (κ2) is 1.52. The minimum Gasteiger partial charge on any atom is -0.303 e. The van der Waals surface area contributed by atoms with Gasteiger partial charge in [-0.1, -0.05) is 0 Å². The molecule has 2 heteroatoms. The summed E-state index contributed by atoms with van der Waals surface area (Å²) in [4.78, 5) is 0. The van der Waals surface area contributed by atoms with Crippen LogP contribution in [0.3, 0.4) is 0 Å². The summed E-state index contributed by atoms with van der Waals surface area (Å²) in [5.74, 6) is 0. The highest BCUT2D eigenvalue weighted by Crippen LogP contribution is 2.13. The molecular weight excluding hydrogens is 88.1 g/mol. The zero-order chi connectivity index (χ0) is 5.28. The van der Waals surface area contributed by atoms with Crippen LogP contribution in [0.4, 0.5) is 0 Å². The standard InChI is InChI=1S/C5H10N2/c1-7(2)6-5-3-4-5/h3-4H2,1-2H3. The van der Waals surface area contributed by atoms with E-state index in [4.69, 9.17) is 0 Å². The summed E-state index contributed by atoms with van der Waals surface area (Å²) >= 11 is 0. The number of hydrogen-bond donors (Lipinski definition) is 0. The van der Waals surface area contributed by atoms with Gasteiger partial charge in [-0.2, -0.15) is 5.10 Å². The molecule has 0 spiro atoms. The molecule has 0 aromatic carbocycles. The van der Waals surface area contributed by atoms with Gasteiger partial charge in [0, 0.05) is 19.8 Å². The molecule has 0 amide bonds. The lowest BCUT2D eigenvalue weighted by Crippen LogP contribution is -2.00. The van der Waals surface area contributed by atoms with E-state index in [1.54, 1.807) is 0 Å². The van der Waals surface area contributed by atoms with E-state index in [0.717, 1.165) is 0 Å². The van der Waals surface area contributed by atoms with Gasteiger partial charge in [0.15, 0.2) is 0 Å². The zero-order valence-corrected chi connectivity index (χ0v) is 4.81. The van der Waals surface area contributed by atoms with Crippen molar-refractivity contribution in [2.75, 3.05) is 14.1 Å². The zero-order valence-electron chi connectivity index (χ0n) is 4.81. The highest BCUT2D eigenvalue weighted by molar-refractivity contribution is 5.97. The molecule has 1 aliphatic rings. The van der Waals surface area contributed by atoms with Crippen molar-refractivity contribution < 1.29 is 0 Å². The number of hydrazone groups is 1. The highest BCUT2D eigenvalue weighted by atomic mass is 15.4. The van der Waals surface area contributed by atoms with Crippen LogP contribution in [0.2, 0.25) is 0 Å². The summed E-state index contributed by atoms with van der Waals surface area (Å²) in [6.07, 6.45) is 2.44. The molecule has 1 saturated carbocycles. The quantitative estimate of drug-likeness (QED) is 0.441. The third-order valence-electron chi connectivity index (χ3n) is 0.815. The summed E-state index contributed by atoms with van der Waals surface area (Å²) in [7, 11) is 3.90. The van der Waals surface area contributed by atoms with E-state index in [1.807, 2.05) is 19.1 Å². The highest BCUT2D eigenvalue weighted by Gasteiger charge is 2.12. The first-order valence-electron chi connectivity index (χ1n) is 2.53. The minimum atomic E-state index is 1.22. The largest absolute Gasteiger partial charge is 0.303 e. The van der Waals surface area contributed by atoms with E-state index in [9.17, 15) is 0 Å². The summed E-state index contributed by atoms with van der Waals surface area (Å²) in [5, 5.41) is 5.99. The molecule has 0 heterocycles. The fraction of sp³-hybridized carbons (Fsp3) is 0.800. The van der Waals surface area contributed by atoms with E-state index in [1.165, 1.54) is 18.6 Å². The second-order valence-electron chi connectivity index (χ2n) is 2.01. The lowest BCUT2D eigenvalue weighted by Gasteiger charge is -1.99. The molecule has 7 heavy (non-hydrogen) atoms. The Morgan fingerprint density at radius 1 is 1.43 bits per heavy atom. The maximum atomic E-state index is 4.14. The Bertz CT molecular complexity index is 88.3. The molecule has 0 atom stereocenters. The molecule has 1 fully saturated rings. The van der Waals surface area contributed by atoms with Gasteiger partial charge >= 0.3 is 0 Å². The average Bonchev–Trinajstić information content (AvgIpc) is 2.17. The van der Waals surface area contributed by atoms with Crippen molar-refractivity contribution in [3.63, 3.8) is 0 Å². The summed E-state index contributed by atoms with van der Waals surface area (Å²) in [6.45, 7) is 0. The lowest BCUT2D eigenvalue weighted by molar-refractivity contribution is 0.439. The van der Waals surface area contributed by atoms with Gasteiger partial charge in [-0.3, -0.25) is 0 Å². The molecule has 2 nitrogen and oxygen atoms in total. The Morgan fingerprint density at radius 2 is 2.00 bits per heavy atom. The Hall–Kier alpha value is -0.530. The fourth-order valence-electron chi connectivity index (χ4n) is 0.439. The topological polar surface area (TPSA) is 15.6 Å². The molecule has 1 rings (SSSR count). The maximum Gasteiger partial charge on any atom is 0.0388 e. The van der Waals surface area contributed by atoms with E-state index in [0.29, 0.717) is 0 Å². The van der Waals surface area contributed by atoms with Crippen LogP contribution >= 0.6 is 0 Å². The Kier molecular flexibility index (Phi) is 1.01.